The van der Waals surface area contributed by atoms with Gasteiger partial charge < -0.3 is 45.1 Å². The summed E-state index contributed by atoms with van der Waals surface area (Å²) < 4.78 is 15.0. The average Bonchev–Trinajstić information content (AvgIpc) is 3.10. The number of ether oxygens (including phenoxy) is 3. The second-order valence-electron chi connectivity index (χ2n) is 14.0. The van der Waals surface area contributed by atoms with E-state index >= 15 is 0 Å². The lowest BCUT2D eigenvalue weighted by molar-refractivity contribution is -0.149. The minimum absolute atomic E-state index is 0.143. The number of hydrogen-bond donors (Lipinski definition) is 5. The van der Waals surface area contributed by atoms with Crippen molar-refractivity contribution in [3.05, 3.63) is 0 Å². The Labute approximate surface area is 322 Å². The summed E-state index contributed by atoms with van der Waals surface area (Å²) in [5, 5.41) is 32.0. The molecule has 0 aromatic heterocycles. The lowest BCUT2D eigenvalue weighted by Crippen LogP contribution is -2.66. The molecule has 0 aromatic rings. The zero-order valence-corrected chi connectivity index (χ0v) is 33.6. The Morgan fingerprint density at radius 2 is 1.32 bits per heavy atom. The number of carbonyl (C=O) groups is 7. The summed E-state index contributed by atoms with van der Waals surface area (Å²) >= 11 is 4.75. The molecule has 3 unspecified atom stereocenters. The van der Waals surface area contributed by atoms with Gasteiger partial charge in [0.05, 0.1) is 20.3 Å². The highest BCUT2D eigenvalue weighted by Crippen LogP contribution is 2.22. The zero-order valence-electron chi connectivity index (χ0n) is 31.2. The first kappa shape index (κ1) is 46.0. The molecule has 0 bridgehead atoms. The van der Waals surface area contributed by atoms with Gasteiger partial charge in [-0.1, -0.05) is 0 Å². The Kier molecular flexibility index (Phi) is 18.3. The summed E-state index contributed by atoms with van der Waals surface area (Å²) in [5.41, 5.74) is -1.26. The molecule has 4 saturated heterocycles. The Morgan fingerprint density at radius 1 is 0.830 bits per heavy atom. The van der Waals surface area contributed by atoms with Gasteiger partial charge >= 0.3 is 24.1 Å². The SMILES string of the molecule is CC(C)(C)OC(=O)N1CCSCC1C(=O)O.COC(=O)[C@@H](CO)NC(=O)C1CSCCN1C(=O)OC(C)(C)C.O=C1N[C@H](CO)C(=O)N2CCSCC12. The largest absolute Gasteiger partial charge is 0.480 e. The first-order valence-electron chi connectivity index (χ1n) is 16.9. The summed E-state index contributed by atoms with van der Waals surface area (Å²) in [6, 6.07) is -3.75. The quantitative estimate of drug-likeness (QED) is 0.173. The van der Waals surface area contributed by atoms with Gasteiger partial charge in [0.25, 0.3) is 0 Å². The fourth-order valence-corrected chi connectivity index (χ4v) is 8.17. The van der Waals surface area contributed by atoms with Crippen LogP contribution in [0, 0.1) is 0 Å². The highest BCUT2D eigenvalue weighted by Gasteiger charge is 2.42. The van der Waals surface area contributed by atoms with Crippen LogP contribution in [0.3, 0.4) is 0 Å². The maximum Gasteiger partial charge on any atom is 0.411 e. The lowest BCUT2D eigenvalue weighted by atomic mass is 10.1. The van der Waals surface area contributed by atoms with Crippen molar-refractivity contribution in [3.8, 4) is 0 Å². The third-order valence-corrected chi connectivity index (χ3v) is 10.7. The van der Waals surface area contributed by atoms with E-state index in [0.717, 1.165) is 11.5 Å². The minimum atomic E-state index is -1.15. The topological polar surface area (TPSA) is 242 Å². The van der Waals surface area contributed by atoms with E-state index in [9.17, 15) is 38.7 Å². The summed E-state index contributed by atoms with van der Waals surface area (Å²) in [4.78, 5) is 86.2. The van der Waals surface area contributed by atoms with Crippen molar-refractivity contribution in [2.45, 2.75) is 83.0 Å². The molecule has 5 N–H and O–H groups in total. The van der Waals surface area contributed by atoms with E-state index in [1.165, 1.54) is 28.7 Å². The standard InChI is InChI=1S/C14H24N2O6S.C10H17NO4S.C8H12N2O3S/c1-14(2,3)22-13(20)16-5-6-23-8-10(16)11(18)15-9(7-17)12(19)21-4;1-10(2,3)15-9(14)11-4-5-16-6-7(11)8(12)13;11-3-5-8(13)10-1-2-14-4-6(10)7(12)9-5/h9-10,17H,5-8H2,1-4H3,(H,15,18);7H,4-6H2,1-3H3,(H,12,13);5-6,11H,1-4H2,(H,9,12)/t9-,10?;;5-,6?/m1.1/s1. The van der Waals surface area contributed by atoms with E-state index < -0.39 is 72.0 Å². The van der Waals surface area contributed by atoms with Gasteiger partial charge in [-0.15, -0.1) is 0 Å². The predicted molar refractivity (Wildman–Crippen MR) is 199 cm³/mol. The molecule has 4 aliphatic heterocycles. The van der Waals surface area contributed by atoms with Crippen LogP contribution in [0.2, 0.25) is 0 Å². The first-order chi connectivity index (χ1) is 24.7. The molecule has 5 amide bonds. The molecule has 4 fully saturated rings. The van der Waals surface area contributed by atoms with Crippen molar-refractivity contribution >= 4 is 77.1 Å². The number of aliphatic hydroxyl groups is 2. The summed E-state index contributed by atoms with van der Waals surface area (Å²) in [6.45, 7) is 11.0. The van der Waals surface area contributed by atoms with Crippen molar-refractivity contribution < 1.29 is 63.1 Å². The number of methoxy groups -OCH3 is 1. The Hall–Kier alpha value is -3.14. The zero-order chi connectivity index (χ0) is 40.1. The Bertz CT molecular complexity index is 1310. The van der Waals surface area contributed by atoms with Crippen molar-refractivity contribution in [2.75, 3.05) is 74.5 Å². The summed E-state index contributed by atoms with van der Waals surface area (Å²) in [5.74, 6) is 1.27. The number of nitrogens with zero attached hydrogens (tertiary/aromatic N) is 3. The van der Waals surface area contributed by atoms with Gasteiger partial charge in [-0.05, 0) is 41.5 Å². The average molecular weight is 812 g/mol. The van der Waals surface area contributed by atoms with Gasteiger partial charge in [0.1, 0.15) is 35.4 Å². The van der Waals surface area contributed by atoms with Crippen LogP contribution in [-0.2, 0) is 38.2 Å². The molecule has 53 heavy (non-hydrogen) atoms. The van der Waals surface area contributed by atoms with E-state index in [1.54, 1.807) is 70.0 Å². The second-order valence-corrected chi connectivity index (χ2v) is 17.4. The van der Waals surface area contributed by atoms with E-state index in [4.69, 9.17) is 19.7 Å². The van der Waals surface area contributed by atoms with Crippen LogP contribution >= 0.6 is 35.3 Å². The number of aliphatic carboxylic acids is 1. The van der Waals surface area contributed by atoms with E-state index in [1.807, 2.05) is 0 Å². The fraction of sp³-hybridized carbons (Fsp3) is 0.781. The number of carboxylic acids is 1. The Balaban J connectivity index is 0.000000285. The van der Waals surface area contributed by atoms with Gasteiger partial charge in [-0.25, -0.2) is 19.2 Å². The van der Waals surface area contributed by atoms with Crippen molar-refractivity contribution in [1.29, 1.82) is 0 Å². The van der Waals surface area contributed by atoms with Crippen molar-refractivity contribution in [1.82, 2.24) is 25.3 Å². The van der Waals surface area contributed by atoms with Gasteiger partial charge in [0.15, 0.2) is 6.04 Å². The number of nitrogens with one attached hydrogen (secondary N) is 2. The van der Waals surface area contributed by atoms with Crippen LogP contribution in [-0.4, -0.2) is 188 Å². The van der Waals surface area contributed by atoms with Gasteiger partial charge in [-0.2, -0.15) is 35.3 Å². The van der Waals surface area contributed by atoms with Gasteiger partial charge in [0.2, 0.25) is 17.7 Å². The molecule has 302 valence electrons. The molecule has 0 spiro atoms. The van der Waals surface area contributed by atoms with E-state index in [2.05, 4.69) is 15.4 Å². The van der Waals surface area contributed by atoms with Crippen LogP contribution in [0.15, 0.2) is 0 Å². The molecule has 0 radical (unpaired) electrons. The fourth-order valence-electron chi connectivity index (χ4n) is 5.03. The second kappa shape index (κ2) is 21.1. The minimum Gasteiger partial charge on any atom is -0.480 e. The molecular formula is C32H53N5O13S3. The number of amides is 5. The molecule has 21 heteroatoms. The monoisotopic (exact) mass is 811 g/mol. The number of esters is 1. The van der Waals surface area contributed by atoms with Crippen molar-refractivity contribution in [3.63, 3.8) is 0 Å². The van der Waals surface area contributed by atoms with Crippen molar-refractivity contribution in [2.24, 2.45) is 0 Å². The number of carboxylic acid groups (broad SMARTS) is 1. The van der Waals surface area contributed by atoms with Crippen LogP contribution in [0.5, 0.6) is 0 Å². The molecule has 18 nitrogen and oxygen atoms in total. The maximum absolute atomic E-state index is 12.4. The highest BCUT2D eigenvalue weighted by atomic mass is 32.2. The highest BCUT2D eigenvalue weighted by molar-refractivity contribution is 7.99. The van der Waals surface area contributed by atoms with Gasteiger partial charge in [0, 0.05) is 54.2 Å². The summed E-state index contributed by atoms with van der Waals surface area (Å²) in [6.07, 6.45) is -1.11. The third kappa shape index (κ3) is 14.6. The number of hydrogen-bond acceptors (Lipinski definition) is 15. The third-order valence-electron chi connectivity index (χ3n) is 7.60. The maximum atomic E-state index is 12.4. The smallest absolute Gasteiger partial charge is 0.411 e. The molecule has 4 rings (SSSR count). The normalized spacial score (nSPS) is 23.7. The molecule has 4 aliphatic rings. The predicted octanol–water partition coefficient (Wildman–Crippen LogP) is -0.166. The number of fused-ring (bicyclic) bond motifs is 1. The molecule has 0 saturated carbocycles. The number of carbonyl (C=O) groups excluding carboxylic acids is 6. The molecule has 5 atom stereocenters. The van der Waals surface area contributed by atoms with E-state index in [0.29, 0.717) is 42.6 Å². The number of aliphatic hydroxyl groups excluding tert-OH is 2. The lowest BCUT2D eigenvalue weighted by Gasteiger charge is -2.40. The molecule has 0 aliphatic carbocycles. The molecule has 4 heterocycles. The molecule has 0 aromatic carbocycles. The van der Waals surface area contributed by atoms with Crippen LogP contribution in [0.4, 0.5) is 9.59 Å². The van der Waals surface area contributed by atoms with Gasteiger partial charge in [-0.3, -0.25) is 24.2 Å². The number of piperazine rings is 1. The van der Waals surface area contributed by atoms with Crippen LogP contribution in [0.1, 0.15) is 41.5 Å². The number of thioether (sulfide) groups is 3. The van der Waals surface area contributed by atoms with Crippen LogP contribution in [0.25, 0.3) is 0 Å². The molecular weight excluding hydrogens is 759 g/mol. The Morgan fingerprint density at radius 3 is 1.79 bits per heavy atom. The summed E-state index contributed by atoms with van der Waals surface area (Å²) in [7, 11) is 1.17. The number of rotatable bonds is 6. The van der Waals surface area contributed by atoms with E-state index in [-0.39, 0.29) is 24.5 Å². The van der Waals surface area contributed by atoms with Crippen LogP contribution < -0.4 is 10.6 Å². The first-order valence-corrected chi connectivity index (χ1v) is 20.4.